The summed E-state index contributed by atoms with van der Waals surface area (Å²) in [5.41, 5.74) is 3.55. The Morgan fingerprint density at radius 3 is 2.25 bits per heavy atom. The van der Waals surface area contributed by atoms with Gasteiger partial charge in [-0.25, -0.2) is 4.68 Å². The van der Waals surface area contributed by atoms with Crippen molar-refractivity contribution in [1.29, 1.82) is 0 Å². The highest BCUT2D eigenvalue weighted by molar-refractivity contribution is 5.49. The number of benzene rings is 3. The van der Waals surface area contributed by atoms with E-state index in [2.05, 4.69) is 73.9 Å². The van der Waals surface area contributed by atoms with E-state index in [1.807, 2.05) is 35.0 Å². The van der Waals surface area contributed by atoms with Gasteiger partial charge in [-0.1, -0.05) is 48.5 Å². The molecule has 4 aromatic rings. The van der Waals surface area contributed by atoms with Crippen molar-refractivity contribution in [2.45, 2.75) is 19.0 Å². The first-order valence-corrected chi connectivity index (χ1v) is 12.3. The first-order chi connectivity index (χ1) is 17.8. The minimum Gasteiger partial charge on any atom is -0.497 e. The number of hydrogen-bond donors (Lipinski definition) is 0. The summed E-state index contributed by atoms with van der Waals surface area (Å²) in [5, 5.41) is 13.0. The van der Waals surface area contributed by atoms with Crippen LogP contribution < -0.4 is 14.4 Å². The van der Waals surface area contributed by atoms with E-state index < -0.39 is 0 Å². The molecule has 36 heavy (non-hydrogen) atoms. The van der Waals surface area contributed by atoms with Gasteiger partial charge < -0.3 is 14.4 Å². The van der Waals surface area contributed by atoms with Crippen molar-refractivity contribution in [3.63, 3.8) is 0 Å². The molecule has 0 unspecified atom stereocenters. The summed E-state index contributed by atoms with van der Waals surface area (Å²) in [4.78, 5) is 4.87. The van der Waals surface area contributed by atoms with Gasteiger partial charge in [0.25, 0.3) is 0 Å². The van der Waals surface area contributed by atoms with Gasteiger partial charge in [-0.2, -0.15) is 0 Å². The third-order valence-electron chi connectivity index (χ3n) is 6.81. The summed E-state index contributed by atoms with van der Waals surface area (Å²) in [6.07, 6.45) is 0.864. The number of ether oxygens (including phenoxy) is 2. The van der Waals surface area contributed by atoms with E-state index in [1.165, 1.54) is 11.3 Å². The predicted octanol–water partition coefficient (Wildman–Crippen LogP) is 3.84. The van der Waals surface area contributed by atoms with Gasteiger partial charge in [-0.3, -0.25) is 4.90 Å². The van der Waals surface area contributed by atoms with Crippen molar-refractivity contribution < 1.29 is 9.47 Å². The quantitative estimate of drug-likeness (QED) is 0.358. The van der Waals surface area contributed by atoms with Gasteiger partial charge in [0.2, 0.25) is 0 Å². The van der Waals surface area contributed by atoms with Crippen molar-refractivity contribution >= 4 is 5.69 Å². The van der Waals surface area contributed by atoms with Crippen LogP contribution in [0.15, 0.2) is 78.9 Å². The van der Waals surface area contributed by atoms with Crippen LogP contribution in [0.1, 0.15) is 23.0 Å². The van der Waals surface area contributed by atoms with Crippen molar-refractivity contribution in [3.8, 4) is 11.5 Å². The fourth-order valence-corrected chi connectivity index (χ4v) is 4.87. The van der Waals surface area contributed by atoms with E-state index in [0.29, 0.717) is 6.54 Å². The van der Waals surface area contributed by atoms with E-state index in [0.717, 1.165) is 55.5 Å². The number of methoxy groups -OCH3 is 2. The van der Waals surface area contributed by atoms with Crippen LogP contribution >= 0.6 is 0 Å². The molecule has 3 aromatic carbocycles. The van der Waals surface area contributed by atoms with Gasteiger partial charge in [0, 0.05) is 44.0 Å². The Morgan fingerprint density at radius 2 is 1.53 bits per heavy atom. The summed E-state index contributed by atoms with van der Waals surface area (Å²) < 4.78 is 13.0. The highest BCUT2D eigenvalue weighted by Crippen LogP contribution is 2.34. The molecule has 1 aliphatic heterocycles. The lowest BCUT2D eigenvalue weighted by molar-refractivity contribution is 0.197. The lowest BCUT2D eigenvalue weighted by Crippen LogP contribution is -2.48. The molecule has 1 atom stereocenters. The van der Waals surface area contributed by atoms with Crippen LogP contribution in [0, 0.1) is 0 Å². The summed E-state index contributed by atoms with van der Waals surface area (Å²) in [6, 6.07) is 26.8. The summed E-state index contributed by atoms with van der Waals surface area (Å²) in [6.45, 7) is 4.28. The Bertz CT molecular complexity index is 1240. The second kappa shape index (κ2) is 11.2. The smallest absolute Gasteiger partial charge is 0.173 e. The van der Waals surface area contributed by atoms with Gasteiger partial charge >= 0.3 is 0 Å². The number of anilines is 1. The lowest BCUT2D eigenvalue weighted by atomic mass is 10.0. The van der Waals surface area contributed by atoms with Crippen LogP contribution in [0.2, 0.25) is 0 Å². The number of hydrogen-bond acceptors (Lipinski definition) is 7. The van der Waals surface area contributed by atoms with Crippen LogP contribution in [0.25, 0.3) is 0 Å². The number of piperazine rings is 1. The summed E-state index contributed by atoms with van der Waals surface area (Å²) in [5.74, 6) is 2.56. The molecular formula is C28H32N6O2. The molecule has 0 spiro atoms. The maximum absolute atomic E-state index is 5.77. The first-order valence-electron chi connectivity index (χ1n) is 12.3. The molecule has 1 saturated heterocycles. The minimum atomic E-state index is -0.107. The molecule has 0 aliphatic carbocycles. The second-order valence-corrected chi connectivity index (χ2v) is 8.86. The summed E-state index contributed by atoms with van der Waals surface area (Å²) >= 11 is 0. The first kappa shape index (κ1) is 23.8. The Morgan fingerprint density at radius 1 is 0.806 bits per heavy atom. The van der Waals surface area contributed by atoms with Gasteiger partial charge in [-0.05, 0) is 52.7 Å². The molecule has 186 valence electrons. The van der Waals surface area contributed by atoms with Gasteiger partial charge in [0.05, 0.1) is 14.2 Å². The molecule has 8 nitrogen and oxygen atoms in total. The Labute approximate surface area is 212 Å². The van der Waals surface area contributed by atoms with Crippen LogP contribution in [0.5, 0.6) is 11.5 Å². The molecule has 8 heteroatoms. The van der Waals surface area contributed by atoms with E-state index >= 15 is 0 Å². The van der Waals surface area contributed by atoms with E-state index in [1.54, 1.807) is 14.2 Å². The number of aromatic nitrogens is 4. The highest BCUT2D eigenvalue weighted by atomic mass is 16.5. The largest absolute Gasteiger partial charge is 0.497 e. The molecule has 1 aliphatic rings. The number of para-hydroxylation sites is 1. The lowest BCUT2D eigenvalue weighted by Gasteiger charge is -2.40. The standard InChI is InChI=1S/C28H32N6O2/c1-35-24-14-12-23(13-15-24)32-18-20-33(21-19-32)27(25-10-6-7-11-26(25)36-2)28-29-30-31-34(28)17-16-22-8-4-3-5-9-22/h3-15,27H,16-21H2,1-2H3/t27-/m0/s1. The Hall–Kier alpha value is -3.91. The van der Waals surface area contributed by atoms with Crippen molar-refractivity contribution in [2.24, 2.45) is 0 Å². The average Bonchev–Trinajstić information content (AvgIpc) is 3.41. The maximum Gasteiger partial charge on any atom is 0.173 e. The monoisotopic (exact) mass is 484 g/mol. The Balaban J connectivity index is 1.39. The number of aryl methyl sites for hydroxylation is 2. The fraction of sp³-hybridized carbons (Fsp3) is 0.321. The molecule has 0 bridgehead atoms. The number of rotatable bonds is 9. The van der Waals surface area contributed by atoms with Crippen LogP contribution in [-0.2, 0) is 13.0 Å². The average molecular weight is 485 g/mol. The molecule has 0 amide bonds. The maximum atomic E-state index is 5.77. The Kier molecular flexibility index (Phi) is 7.42. The molecule has 0 radical (unpaired) electrons. The van der Waals surface area contributed by atoms with Gasteiger partial charge in [-0.15, -0.1) is 5.10 Å². The minimum absolute atomic E-state index is 0.107. The van der Waals surface area contributed by atoms with Crippen LogP contribution in [0.4, 0.5) is 5.69 Å². The zero-order chi connectivity index (χ0) is 24.7. The van der Waals surface area contributed by atoms with E-state index in [9.17, 15) is 0 Å². The third kappa shape index (κ3) is 5.18. The number of nitrogens with zero attached hydrogens (tertiary/aromatic N) is 6. The number of tetrazole rings is 1. The van der Waals surface area contributed by atoms with Crippen molar-refractivity contribution in [2.75, 3.05) is 45.3 Å². The van der Waals surface area contributed by atoms with Gasteiger partial charge in [0.1, 0.15) is 17.5 Å². The normalized spacial score (nSPS) is 15.0. The molecule has 1 fully saturated rings. The topological polar surface area (TPSA) is 68.5 Å². The highest BCUT2D eigenvalue weighted by Gasteiger charge is 2.32. The zero-order valence-corrected chi connectivity index (χ0v) is 20.8. The van der Waals surface area contributed by atoms with Gasteiger partial charge in [0.15, 0.2) is 5.82 Å². The molecule has 1 aromatic heterocycles. The second-order valence-electron chi connectivity index (χ2n) is 8.86. The molecule has 2 heterocycles. The third-order valence-corrected chi connectivity index (χ3v) is 6.81. The predicted molar refractivity (Wildman–Crippen MR) is 140 cm³/mol. The van der Waals surface area contributed by atoms with E-state index in [-0.39, 0.29) is 6.04 Å². The molecular weight excluding hydrogens is 452 g/mol. The van der Waals surface area contributed by atoms with E-state index in [4.69, 9.17) is 9.47 Å². The fourth-order valence-electron chi connectivity index (χ4n) is 4.87. The SMILES string of the molecule is COc1ccc(N2CCN([C@@H](c3ccccc3OC)c3nnnn3CCc3ccccc3)CC2)cc1. The zero-order valence-electron chi connectivity index (χ0n) is 20.8. The van der Waals surface area contributed by atoms with Crippen molar-refractivity contribution in [1.82, 2.24) is 25.1 Å². The van der Waals surface area contributed by atoms with Crippen LogP contribution in [-0.4, -0.2) is 65.5 Å². The molecule has 0 N–H and O–H groups in total. The van der Waals surface area contributed by atoms with Crippen LogP contribution in [0.3, 0.4) is 0 Å². The summed E-state index contributed by atoms with van der Waals surface area (Å²) in [7, 11) is 3.41. The molecule has 5 rings (SSSR count). The molecule has 0 saturated carbocycles. The van der Waals surface area contributed by atoms with Crippen molar-refractivity contribution in [3.05, 3.63) is 95.8 Å².